The third-order valence-electron chi connectivity index (χ3n) is 5.31. The van der Waals surface area contributed by atoms with Gasteiger partial charge in [-0.2, -0.15) is 0 Å². The number of hydrogen-bond donors (Lipinski definition) is 0. The summed E-state index contributed by atoms with van der Waals surface area (Å²) >= 11 is 6.31. The highest BCUT2D eigenvalue weighted by atomic mass is 35.5. The molecule has 0 aliphatic carbocycles. The van der Waals surface area contributed by atoms with Gasteiger partial charge in [-0.15, -0.1) is 0 Å². The molecular weight excluding hydrogens is 411 g/mol. The van der Waals surface area contributed by atoms with Crippen molar-refractivity contribution in [2.45, 2.75) is 13.3 Å². The van der Waals surface area contributed by atoms with Gasteiger partial charge in [0, 0.05) is 43.7 Å². The van der Waals surface area contributed by atoms with Gasteiger partial charge < -0.3 is 19.3 Å². The molecule has 158 valence electrons. The Labute approximate surface area is 179 Å². The number of benzene rings is 2. The summed E-state index contributed by atoms with van der Waals surface area (Å²) in [7, 11) is 0. The Bertz CT molecular complexity index is 989. The van der Waals surface area contributed by atoms with Crippen molar-refractivity contribution >= 4 is 29.0 Å². The molecule has 2 aromatic carbocycles. The van der Waals surface area contributed by atoms with E-state index in [4.69, 9.17) is 21.1 Å². The van der Waals surface area contributed by atoms with Gasteiger partial charge in [0.05, 0.1) is 23.9 Å². The van der Waals surface area contributed by atoms with Crippen LogP contribution in [0.2, 0.25) is 5.02 Å². The van der Waals surface area contributed by atoms with Crippen LogP contribution in [-0.4, -0.2) is 56.0 Å². The summed E-state index contributed by atoms with van der Waals surface area (Å²) in [6.07, 6.45) is 0.750. The number of ether oxygens (including phenoxy) is 2. The summed E-state index contributed by atoms with van der Waals surface area (Å²) in [5.41, 5.74) is 1.22. The van der Waals surface area contributed by atoms with Crippen molar-refractivity contribution in [1.82, 2.24) is 4.90 Å². The molecule has 0 spiro atoms. The average Bonchev–Trinajstić information content (AvgIpc) is 2.99. The fourth-order valence-corrected chi connectivity index (χ4v) is 3.93. The lowest BCUT2D eigenvalue weighted by atomic mass is 10.1. The number of Topliss-reactive ketones (excluding diaryl/α,β-unsaturated/α-hetero) is 1. The van der Waals surface area contributed by atoms with E-state index in [-0.39, 0.29) is 11.7 Å². The van der Waals surface area contributed by atoms with Crippen molar-refractivity contribution in [1.29, 1.82) is 0 Å². The largest absolute Gasteiger partial charge is 0.489 e. The quantitative estimate of drug-likeness (QED) is 0.690. The van der Waals surface area contributed by atoms with Gasteiger partial charge in [-0.1, -0.05) is 11.6 Å². The van der Waals surface area contributed by atoms with Crippen molar-refractivity contribution in [3.63, 3.8) is 0 Å². The van der Waals surface area contributed by atoms with Crippen molar-refractivity contribution in [3.05, 3.63) is 52.3 Å². The molecule has 1 saturated heterocycles. The maximum absolute atomic E-state index is 14.4. The SMILES string of the molecule is CC(=O)c1ccc(N2CCN(C(=O)c3cc(Cl)c4c(c3)OCCCO4)CC2)c(F)c1. The number of amides is 1. The second-order valence-corrected chi connectivity index (χ2v) is 7.74. The van der Waals surface area contributed by atoms with Gasteiger partial charge in [0.15, 0.2) is 17.3 Å². The Morgan fingerprint density at radius 3 is 2.43 bits per heavy atom. The van der Waals surface area contributed by atoms with Crippen LogP contribution in [0.15, 0.2) is 30.3 Å². The average molecular weight is 433 g/mol. The lowest BCUT2D eigenvalue weighted by Crippen LogP contribution is -2.49. The van der Waals surface area contributed by atoms with E-state index in [0.29, 0.717) is 72.7 Å². The molecule has 2 heterocycles. The molecular formula is C22H22ClFN2O4. The number of piperazine rings is 1. The molecule has 2 aromatic rings. The molecule has 0 aromatic heterocycles. The van der Waals surface area contributed by atoms with Gasteiger partial charge in [-0.05, 0) is 37.3 Å². The summed E-state index contributed by atoms with van der Waals surface area (Å²) in [6, 6.07) is 7.77. The monoisotopic (exact) mass is 432 g/mol. The second-order valence-electron chi connectivity index (χ2n) is 7.34. The van der Waals surface area contributed by atoms with Crippen LogP contribution in [0.25, 0.3) is 0 Å². The highest BCUT2D eigenvalue weighted by molar-refractivity contribution is 6.32. The molecule has 0 saturated carbocycles. The van der Waals surface area contributed by atoms with E-state index in [1.807, 2.05) is 4.90 Å². The van der Waals surface area contributed by atoms with E-state index in [9.17, 15) is 14.0 Å². The number of rotatable bonds is 3. The Balaban J connectivity index is 1.46. The first-order valence-corrected chi connectivity index (χ1v) is 10.3. The minimum Gasteiger partial charge on any atom is -0.489 e. The summed E-state index contributed by atoms with van der Waals surface area (Å²) in [5, 5.41) is 0.351. The van der Waals surface area contributed by atoms with Gasteiger partial charge in [-0.25, -0.2) is 4.39 Å². The number of halogens is 2. The number of carbonyl (C=O) groups excluding carboxylic acids is 2. The van der Waals surface area contributed by atoms with Crippen LogP contribution >= 0.6 is 11.6 Å². The molecule has 6 nitrogen and oxygen atoms in total. The van der Waals surface area contributed by atoms with E-state index in [0.717, 1.165) is 6.42 Å². The Kier molecular flexibility index (Phi) is 5.81. The fraction of sp³-hybridized carbons (Fsp3) is 0.364. The van der Waals surface area contributed by atoms with Crippen LogP contribution in [0.5, 0.6) is 11.5 Å². The molecule has 0 unspecified atom stereocenters. The topological polar surface area (TPSA) is 59.1 Å². The van der Waals surface area contributed by atoms with Gasteiger partial charge in [0.2, 0.25) is 0 Å². The van der Waals surface area contributed by atoms with Crippen LogP contribution in [0, 0.1) is 5.82 Å². The zero-order valence-electron chi connectivity index (χ0n) is 16.6. The Morgan fingerprint density at radius 2 is 1.73 bits per heavy atom. The zero-order valence-corrected chi connectivity index (χ0v) is 17.4. The Morgan fingerprint density at radius 1 is 1.00 bits per heavy atom. The fourth-order valence-electron chi connectivity index (χ4n) is 3.67. The zero-order chi connectivity index (χ0) is 21.3. The molecule has 0 N–H and O–H groups in total. The highest BCUT2D eigenvalue weighted by Gasteiger charge is 2.26. The molecule has 30 heavy (non-hydrogen) atoms. The molecule has 0 atom stereocenters. The molecule has 2 aliphatic rings. The van der Waals surface area contributed by atoms with E-state index < -0.39 is 5.82 Å². The normalized spacial score (nSPS) is 16.2. The third-order valence-corrected chi connectivity index (χ3v) is 5.59. The van der Waals surface area contributed by atoms with E-state index in [2.05, 4.69) is 0 Å². The smallest absolute Gasteiger partial charge is 0.254 e. The van der Waals surface area contributed by atoms with Crippen molar-refractivity contribution in [2.75, 3.05) is 44.3 Å². The first kappa shape index (κ1) is 20.5. The van der Waals surface area contributed by atoms with Gasteiger partial charge in [0.25, 0.3) is 5.91 Å². The van der Waals surface area contributed by atoms with Crippen LogP contribution in [0.4, 0.5) is 10.1 Å². The third kappa shape index (κ3) is 4.07. The molecule has 0 bridgehead atoms. The summed E-state index contributed by atoms with van der Waals surface area (Å²) in [5.74, 6) is 0.191. The molecule has 1 amide bonds. The van der Waals surface area contributed by atoms with E-state index in [1.54, 1.807) is 29.2 Å². The van der Waals surface area contributed by atoms with Gasteiger partial charge >= 0.3 is 0 Å². The van der Waals surface area contributed by atoms with Crippen LogP contribution in [0.3, 0.4) is 0 Å². The Hall–Kier alpha value is -2.80. The minimum absolute atomic E-state index is 0.153. The number of hydrogen-bond acceptors (Lipinski definition) is 5. The van der Waals surface area contributed by atoms with Crippen LogP contribution in [-0.2, 0) is 0 Å². The maximum atomic E-state index is 14.4. The number of fused-ring (bicyclic) bond motifs is 1. The molecule has 0 radical (unpaired) electrons. The first-order chi connectivity index (χ1) is 14.4. The van der Waals surface area contributed by atoms with Crippen molar-refractivity contribution in [3.8, 4) is 11.5 Å². The lowest BCUT2D eigenvalue weighted by molar-refractivity contribution is 0.0746. The van der Waals surface area contributed by atoms with Crippen LogP contribution < -0.4 is 14.4 Å². The van der Waals surface area contributed by atoms with Gasteiger partial charge in [0.1, 0.15) is 5.82 Å². The summed E-state index contributed by atoms with van der Waals surface area (Å²) in [4.78, 5) is 28.0. The second kappa shape index (κ2) is 8.52. The number of carbonyl (C=O) groups is 2. The lowest BCUT2D eigenvalue weighted by Gasteiger charge is -2.36. The predicted molar refractivity (Wildman–Crippen MR) is 112 cm³/mol. The van der Waals surface area contributed by atoms with Crippen molar-refractivity contribution in [2.24, 2.45) is 0 Å². The van der Waals surface area contributed by atoms with Crippen LogP contribution in [0.1, 0.15) is 34.1 Å². The first-order valence-electron chi connectivity index (χ1n) is 9.88. The molecule has 8 heteroatoms. The predicted octanol–water partition coefficient (Wildman–Crippen LogP) is 3.81. The minimum atomic E-state index is -0.433. The number of anilines is 1. The standard InChI is InChI=1S/C22H22ClFN2O4/c1-14(27)15-3-4-19(18(24)12-15)25-5-7-26(8-6-25)22(28)16-11-17(23)21-20(13-16)29-9-2-10-30-21/h3-4,11-13H,2,5-10H2,1H3. The summed E-state index contributed by atoms with van der Waals surface area (Å²) in [6.45, 7) is 4.29. The molecule has 2 aliphatic heterocycles. The maximum Gasteiger partial charge on any atom is 0.254 e. The van der Waals surface area contributed by atoms with Crippen molar-refractivity contribution < 1.29 is 23.5 Å². The molecule has 4 rings (SSSR count). The molecule has 1 fully saturated rings. The van der Waals surface area contributed by atoms with E-state index >= 15 is 0 Å². The summed E-state index contributed by atoms with van der Waals surface area (Å²) < 4.78 is 25.7. The number of ketones is 1. The highest BCUT2D eigenvalue weighted by Crippen LogP contribution is 2.38. The number of nitrogens with zero attached hydrogens (tertiary/aromatic N) is 2. The van der Waals surface area contributed by atoms with Gasteiger partial charge in [-0.3, -0.25) is 9.59 Å². The van der Waals surface area contributed by atoms with E-state index in [1.165, 1.54) is 13.0 Å².